The highest BCUT2D eigenvalue weighted by Crippen LogP contribution is 2.43. The SMILES string of the molecule is Cn1c2c(c3ccccc31)Sc1ccccc1NC2. The number of hydrogen-bond acceptors (Lipinski definition) is 2. The number of nitrogens with zero attached hydrogens (tertiary/aromatic N) is 1. The van der Waals surface area contributed by atoms with Gasteiger partial charge in [-0.25, -0.2) is 0 Å². The van der Waals surface area contributed by atoms with E-state index in [0.717, 1.165) is 6.54 Å². The van der Waals surface area contributed by atoms with Gasteiger partial charge < -0.3 is 9.88 Å². The van der Waals surface area contributed by atoms with Gasteiger partial charge in [0.15, 0.2) is 0 Å². The van der Waals surface area contributed by atoms with Crippen molar-refractivity contribution in [2.45, 2.75) is 16.3 Å². The Labute approximate surface area is 116 Å². The third-order valence-electron chi connectivity index (χ3n) is 3.72. The molecule has 0 saturated carbocycles. The van der Waals surface area contributed by atoms with E-state index in [9.17, 15) is 0 Å². The second-order valence-electron chi connectivity index (χ2n) is 4.80. The number of para-hydroxylation sites is 2. The Morgan fingerprint density at radius 3 is 2.79 bits per heavy atom. The lowest BCUT2D eigenvalue weighted by atomic mass is 10.2. The fourth-order valence-electron chi connectivity index (χ4n) is 2.71. The first-order valence-electron chi connectivity index (χ1n) is 6.41. The Morgan fingerprint density at radius 1 is 1.05 bits per heavy atom. The smallest absolute Gasteiger partial charge is 0.0565 e. The van der Waals surface area contributed by atoms with Gasteiger partial charge in [0, 0.05) is 33.4 Å². The molecule has 2 nitrogen and oxygen atoms in total. The molecule has 0 unspecified atom stereocenters. The van der Waals surface area contributed by atoms with Crippen LogP contribution in [-0.4, -0.2) is 4.57 Å². The summed E-state index contributed by atoms with van der Waals surface area (Å²) in [4.78, 5) is 2.69. The summed E-state index contributed by atoms with van der Waals surface area (Å²) in [6.07, 6.45) is 0. The Bertz CT molecular complexity index is 774. The van der Waals surface area contributed by atoms with Gasteiger partial charge in [-0.3, -0.25) is 0 Å². The Balaban J connectivity index is 1.99. The minimum Gasteiger partial charge on any atom is -0.379 e. The first-order valence-corrected chi connectivity index (χ1v) is 7.23. The molecule has 0 radical (unpaired) electrons. The topological polar surface area (TPSA) is 17.0 Å². The largest absolute Gasteiger partial charge is 0.379 e. The molecule has 0 saturated heterocycles. The molecular formula is C16H14N2S. The van der Waals surface area contributed by atoms with E-state index in [2.05, 4.69) is 65.5 Å². The highest BCUT2D eigenvalue weighted by atomic mass is 32.2. The van der Waals surface area contributed by atoms with Crippen molar-refractivity contribution >= 4 is 28.4 Å². The molecule has 0 fully saturated rings. The highest BCUT2D eigenvalue weighted by molar-refractivity contribution is 7.99. The second-order valence-corrected chi connectivity index (χ2v) is 5.86. The minimum absolute atomic E-state index is 0.879. The van der Waals surface area contributed by atoms with Gasteiger partial charge in [-0.2, -0.15) is 0 Å². The third kappa shape index (κ3) is 1.58. The van der Waals surface area contributed by atoms with Gasteiger partial charge in [-0.15, -0.1) is 0 Å². The zero-order valence-corrected chi connectivity index (χ0v) is 11.5. The summed E-state index contributed by atoms with van der Waals surface area (Å²) >= 11 is 1.87. The van der Waals surface area contributed by atoms with Gasteiger partial charge >= 0.3 is 0 Å². The van der Waals surface area contributed by atoms with E-state index in [-0.39, 0.29) is 0 Å². The van der Waals surface area contributed by atoms with Crippen molar-refractivity contribution in [3.05, 3.63) is 54.2 Å². The lowest BCUT2D eigenvalue weighted by molar-refractivity contribution is 0.852. The van der Waals surface area contributed by atoms with Crippen LogP contribution < -0.4 is 5.32 Å². The highest BCUT2D eigenvalue weighted by Gasteiger charge is 2.19. The molecule has 1 aliphatic heterocycles. The second kappa shape index (κ2) is 4.07. The van der Waals surface area contributed by atoms with Crippen LogP contribution in [0, 0.1) is 0 Å². The monoisotopic (exact) mass is 266 g/mol. The van der Waals surface area contributed by atoms with Crippen LogP contribution in [-0.2, 0) is 13.6 Å². The number of anilines is 1. The van der Waals surface area contributed by atoms with Crippen LogP contribution in [0.25, 0.3) is 10.9 Å². The van der Waals surface area contributed by atoms with Gasteiger partial charge in [0.25, 0.3) is 0 Å². The summed E-state index contributed by atoms with van der Waals surface area (Å²) in [6, 6.07) is 17.1. The van der Waals surface area contributed by atoms with E-state index >= 15 is 0 Å². The average molecular weight is 266 g/mol. The van der Waals surface area contributed by atoms with E-state index in [0.29, 0.717) is 0 Å². The van der Waals surface area contributed by atoms with Crippen LogP contribution in [0.15, 0.2) is 58.3 Å². The van der Waals surface area contributed by atoms with Gasteiger partial charge in [-0.05, 0) is 18.2 Å². The molecule has 1 aromatic heterocycles. The maximum absolute atomic E-state index is 3.54. The van der Waals surface area contributed by atoms with Crippen molar-refractivity contribution in [3.8, 4) is 0 Å². The predicted molar refractivity (Wildman–Crippen MR) is 80.8 cm³/mol. The van der Waals surface area contributed by atoms with Crippen LogP contribution in [0.4, 0.5) is 5.69 Å². The standard InChI is InChI=1S/C16H14N2S/c1-18-13-8-4-2-6-11(13)16-14(18)10-17-12-7-3-5-9-15(12)19-16/h2-9,17H,10H2,1H3. The molecule has 19 heavy (non-hydrogen) atoms. The zero-order valence-electron chi connectivity index (χ0n) is 10.7. The van der Waals surface area contributed by atoms with E-state index in [1.54, 1.807) is 0 Å². The molecule has 2 aromatic carbocycles. The molecule has 2 heterocycles. The van der Waals surface area contributed by atoms with Gasteiger partial charge in [-0.1, -0.05) is 42.1 Å². The van der Waals surface area contributed by atoms with Crippen LogP contribution in [0.3, 0.4) is 0 Å². The maximum atomic E-state index is 3.54. The first-order chi connectivity index (χ1) is 9.34. The summed E-state index contributed by atoms with van der Waals surface area (Å²) < 4.78 is 2.30. The van der Waals surface area contributed by atoms with Crippen molar-refractivity contribution in [1.82, 2.24) is 4.57 Å². The molecule has 0 amide bonds. The average Bonchev–Trinajstić information content (AvgIpc) is 2.63. The molecule has 0 spiro atoms. The lowest BCUT2D eigenvalue weighted by Gasteiger charge is -2.07. The van der Waals surface area contributed by atoms with Crippen molar-refractivity contribution < 1.29 is 0 Å². The van der Waals surface area contributed by atoms with Gasteiger partial charge in [0.2, 0.25) is 0 Å². The van der Waals surface area contributed by atoms with E-state index in [1.807, 2.05) is 11.8 Å². The summed E-state index contributed by atoms with van der Waals surface area (Å²) in [5, 5.41) is 4.89. The van der Waals surface area contributed by atoms with Crippen molar-refractivity contribution in [3.63, 3.8) is 0 Å². The number of benzene rings is 2. The third-order valence-corrected chi connectivity index (χ3v) is 4.96. The predicted octanol–water partition coefficient (Wildman–Crippen LogP) is 4.26. The van der Waals surface area contributed by atoms with E-state index < -0.39 is 0 Å². The summed E-state index contributed by atoms with van der Waals surface area (Å²) in [6.45, 7) is 0.879. The number of fused-ring (bicyclic) bond motifs is 4. The molecule has 1 N–H and O–H groups in total. The van der Waals surface area contributed by atoms with Gasteiger partial charge in [0.1, 0.15) is 0 Å². The summed E-state index contributed by atoms with van der Waals surface area (Å²) in [7, 11) is 2.15. The van der Waals surface area contributed by atoms with Crippen LogP contribution in [0.2, 0.25) is 0 Å². The molecule has 0 aliphatic carbocycles. The number of nitrogens with one attached hydrogen (secondary N) is 1. The minimum atomic E-state index is 0.879. The van der Waals surface area contributed by atoms with Crippen molar-refractivity contribution in [2.24, 2.45) is 7.05 Å². The van der Waals surface area contributed by atoms with Crippen molar-refractivity contribution in [2.75, 3.05) is 5.32 Å². The van der Waals surface area contributed by atoms with E-state index in [4.69, 9.17) is 0 Å². The Morgan fingerprint density at radius 2 is 1.84 bits per heavy atom. The molecule has 3 aromatic rings. The first kappa shape index (κ1) is 11.0. The Kier molecular flexibility index (Phi) is 2.35. The molecule has 94 valence electrons. The summed E-state index contributed by atoms with van der Waals surface area (Å²) in [5.41, 5.74) is 3.90. The molecule has 1 aliphatic rings. The number of rotatable bonds is 0. The maximum Gasteiger partial charge on any atom is 0.0565 e. The quantitative estimate of drug-likeness (QED) is 0.655. The normalized spacial score (nSPS) is 13.5. The number of aryl methyl sites for hydroxylation is 1. The van der Waals surface area contributed by atoms with Crippen LogP contribution in [0.1, 0.15) is 5.69 Å². The number of aromatic nitrogens is 1. The van der Waals surface area contributed by atoms with Gasteiger partial charge in [0.05, 0.1) is 12.2 Å². The van der Waals surface area contributed by atoms with E-state index in [1.165, 1.54) is 32.1 Å². The fourth-order valence-corrected chi connectivity index (χ4v) is 3.94. The van der Waals surface area contributed by atoms with Crippen molar-refractivity contribution in [1.29, 1.82) is 0 Å². The summed E-state index contributed by atoms with van der Waals surface area (Å²) in [5.74, 6) is 0. The number of hydrogen-bond donors (Lipinski definition) is 1. The lowest BCUT2D eigenvalue weighted by Crippen LogP contribution is -2.03. The van der Waals surface area contributed by atoms with Crippen LogP contribution in [0.5, 0.6) is 0 Å². The molecule has 0 atom stereocenters. The molecule has 4 rings (SSSR count). The molecule has 0 bridgehead atoms. The van der Waals surface area contributed by atoms with Crippen LogP contribution >= 0.6 is 11.8 Å². The zero-order chi connectivity index (χ0) is 12.8. The Hall–Kier alpha value is -1.87. The molecular weight excluding hydrogens is 252 g/mol. The fraction of sp³-hybridized carbons (Fsp3) is 0.125. The molecule has 3 heteroatoms.